The molecule has 0 saturated carbocycles. The maximum Gasteiger partial charge on any atom is 0.0952 e. The molecule has 0 unspecified atom stereocenters. The molecule has 0 N–H and O–H groups in total. The van der Waals surface area contributed by atoms with Crippen molar-refractivity contribution in [2.45, 2.75) is 46.1 Å². The van der Waals surface area contributed by atoms with Gasteiger partial charge in [-0.15, -0.1) is 0 Å². The van der Waals surface area contributed by atoms with E-state index in [0.29, 0.717) is 6.04 Å². The SMILES string of the molecule is CC(C)n1cnc(C(C)(C)C)c1. The minimum atomic E-state index is 0.167. The van der Waals surface area contributed by atoms with Crippen molar-refractivity contribution in [2.24, 2.45) is 0 Å². The number of imidazole rings is 1. The molecule has 0 aromatic carbocycles. The maximum atomic E-state index is 4.37. The van der Waals surface area contributed by atoms with E-state index in [1.165, 1.54) is 0 Å². The van der Waals surface area contributed by atoms with Gasteiger partial charge >= 0.3 is 0 Å². The second-order valence-electron chi connectivity index (χ2n) is 4.55. The minimum Gasteiger partial charge on any atom is -0.335 e. The average Bonchev–Trinajstić information content (AvgIpc) is 2.30. The zero-order valence-corrected chi connectivity index (χ0v) is 8.63. The van der Waals surface area contributed by atoms with Gasteiger partial charge in [0, 0.05) is 17.7 Å². The first kappa shape index (κ1) is 9.30. The van der Waals surface area contributed by atoms with Crippen molar-refractivity contribution in [3.05, 3.63) is 18.2 Å². The monoisotopic (exact) mass is 166 g/mol. The van der Waals surface area contributed by atoms with Crippen LogP contribution < -0.4 is 0 Å². The summed E-state index contributed by atoms with van der Waals surface area (Å²) in [6, 6.07) is 0.508. The van der Waals surface area contributed by atoms with E-state index in [0.717, 1.165) is 5.69 Å². The van der Waals surface area contributed by atoms with Crippen LogP contribution in [0.2, 0.25) is 0 Å². The Balaban J connectivity index is 2.92. The van der Waals surface area contributed by atoms with Gasteiger partial charge < -0.3 is 4.57 Å². The zero-order valence-electron chi connectivity index (χ0n) is 8.63. The molecule has 68 valence electrons. The lowest BCUT2D eigenvalue weighted by Gasteiger charge is -2.14. The van der Waals surface area contributed by atoms with Crippen LogP contribution in [-0.2, 0) is 5.41 Å². The first-order valence-electron chi connectivity index (χ1n) is 4.45. The summed E-state index contributed by atoms with van der Waals surface area (Å²) in [5.74, 6) is 0. The van der Waals surface area contributed by atoms with E-state index in [4.69, 9.17) is 0 Å². The first-order chi connectivity index (χ1) is 5.41. The fourth-order valence-corrected chi connectivity index (χ4v) is 1.01. The van der Waals surface area contributed by atoms with Crippen LogP contribution in [0.3, 0.4) is 0 Å². The predicted molar refractivity (Wildman–Crippen MR) is 51.3 cm³/mol. The summed E-state index contributed by atoms with van der Waals surface area (Å²) in [5.41, 5.74) is 1.33. The Hall–Kier alpha value is -0.790. The standard InChI is InChI=1S/C10H18N2/c1-8(2)12-6-9(11-7-12)10(3,4)5/h6-8H,1-5H3. The normalized spacial score (nSPS) is 12.5. The van der Waals surface area contributed by atoms with Crippen molar-refractivity contribution in [3.63, 3.8) is 0 Å². The van der Waals surface area contributed by atoms with Gasteiger partial charge in [0.05, 0.1) is 12.0 Å². The lowest BCUT2D eigenvalue weighted by Crippen LogP contribution is -2.11. The van der Waals surface area contributed by atoms with Crippen molar-refractivity contribution in [3.8, 4) is 0 Å². The third-order valence-electron chi connectivity index (χ3n) is 1.97. The van der Waals surface area contributed by atoms with Crippen molar-refractivity contribution in [1.82, 2.24) is 9.55 Å². The second kappa shape index (κ2) is 2.92. The van der Waals surface area contributed by atoms with Crippen LogP contribution in [0.25, 0.3) is 0 Å². The second-order valence-corrected chi connectivity index (χ2v) is 4.55. The molecular formula is C10H18N2. The van der Waals surface area contributed by atoms with Crippen LogP contribution in [0.1, 0.15) is 46.4 Å². The molecule has 0 aliphatic rings. The van der Waals surface area contributed by atoms with Crippen molar-refractivity contribution in [2.75, 3.05) is 0 Å². The molecule has 1 heterocycles. The Morgan fingerprint density at radius 2 is 1.92 bits per heavy atom. The van der Waals surface area contributed by atoms with Crippen LogP contribution in [-0.4, -0.2) is 9.55 Å². The highest BCUT2D eigenvalue weighted by Crippen LogP contribution is 2.20. The van der Waals surface area contributed by atoms with E-state index < -0.39 is 0 Å². The third kappa shape index (κ3) is 1.87. The van der Waals surface area contributed by atoms with E-state index in [-0.39, 0.29) is 5.41 Å². The number of rotatable bonds is 1. The number of aromatic nitrogens is 2. The Bertz CT molecular complexity index is 253. The van der Waals surface area contributed by atoms with Crippen LogP contribution in [0.15, 0.2) is 12.5 Å². The molecule has 0 bridgehead atoms. The molecule has 0 fully saturated rings. The van der Waals surface area contributed by atoms with Gasteiger partial charge in [-0.2, -0.15) is 0 Å². The topological polar surface area (TPSA) is 17.8 Å². The highest BCUT2D eigenvalue weighted by atomic mass is 15.1. The van der Waals surface area contributed by atoms with Gasteiger partial charge in [0.15, 0.2) is 0 Å². The number of hydrogen-bond donors (Lipinski definition) is 0. The molecule has 2 nitrogen and oxygen atoms in total. The largest absolute Gasteiger partial charge is 0.335 e. The summed E-state index contributed by atoms with van der Waals surface area (Å²) >= 11 is 0. The van der Waals surface area contributed by atoms with Crippen molar-refractivity contribution in [1.29, 1.82) is 0 Å². The molecule has 0 radical (unpaired) electrons. The van der Waals surface area contributed by atoms with Gasteiger partial charge in [0.25, 0.3) is 0 Å². The van der Waals surface area contributed by atoms with Gasteiger partial charge in [-0.25, -0.2) is 4.98 Å². The highest BCUT2D eigenvalue weighted by Gasteiger charge is 2.16. The highest BCUT2D eigenvalue weighted by molar-refractivity contribution is 5.09. The minimum absolute atomic E-state index is 0.167. The average molecular weight is 166 g/mol. The van der Waals surface area contributed by atoms with Crippen LogP contribution in [0.5, 0.6) is 0 Å². The molecule has 0 aliphatic heterocycles. The molecule has 1 aromatic rings. The molecule has 12 heavy (non-hydrogen) atoms. The van der Waals surface area contributed by atoms with Gasteiger partial charge in [-0.1, -0.05) is 20.8 Å². The van der Waals surface area contributed by atoms with Crippen molar-refractivity contribution < 1.29 is 0 Å². The van der Waals surface area contributed by atoms with E-state index in [1.54, 1.807) is 0 Å². The predicted octanol–water partition coefficient (Wildman–Crippen LogP) is 2.76. The Kier molecular flexibility index (Phi) is 2.27. The summed E-state index contributed by atoms with van der Waals surface area (Å²) in [5, 5.41) is 0. The van der Waals surface area contributed by atoms with E-state index in [1.807, 2.05) is 6.33 Å². The molecule has 1 rings (SSSR count). The van der Waals surface area contributed by atoms with E-state index in [2.05, 4.69) is 50.4 Å². The van der Waals surface area contributed by atoms with Gasteiger partial charge in [-0.3, -0.25) is 0 Å². The molecule has 2 heteroatoms. The lowest BCUT2D eigenvalue weighted by molar-refractivity contribution is 0.564. The Labute approximate surface area is 74.6 Å². The fourth-order valence-electron chi connectivity index (χ4n) is 1.01. The number of nitrogens with zero attached hydrogens (tertiary/aromatic N) is 2. The summed E-state index contributed by atoms with van der Waals surface area (Å²) < 4.78 is 2.14. The lowest BCUT2D eigenvalue weighted by atomic mass is 9.93. The molecule has 0 aliphatic carbocycles. The number of hydrogen-bond acceptors (Lipinski definition) is 1. The van der Waals surface area contributed by atoms with Crippen LogP contribution >= 0.6 is 0 Å². The third-order valence-corrected chi connectivity index (χ3v) is 1.97. The molecule has 0 amide bonds. The smallest absolute Gasteiger partial charge is 0.0952 e. The molecule has 0 atom stereocenters. The molecule has 0 spiro atoms. The van der Waals surface area contributed by atoms with Gasteiger partial charge in [0.2, 0.25) is 0 Å². The Morgan fingerprint density at radius 1 is 1.33 bits per heavy atom. The van der Waals surface area contributed by atoms with Crippen LogP contribution in [0.4, 0.5) is 0 Å². The summed E-state index contributed by atoms with van der Waals surface area (Å²) in [6.45, 7) is 10.9. The maximum absolute atomic E-state index is 4.37. The summed E-state index contributed by atoms with van der Waals surface area (Å²) in [4.78, 5) is 4.37. The Morgan fingerprint density at radius 3 is 2.17 bits per heavy atom. The first-order valence-corrected chi connectivity index (χ1v) is 4.45. The zero-order chi connectivity index (χ0) is 9.35. The van der Waals surface area contributed by atoms with E-state index in [9.17, 15) is 0 Å². The van der Waals surface area contributed by atoms with E-state index >= 15 is 0 Å². The summed E-state index contributed by atoms with van der Waals surface area (Å²) in [6.07, 6.45) is 4.04. The van der Waals surface area contributed by atoms with Gasteiger partial charge in [0.1, 0.15) is 0 Å². The molecule has 0 saturated heterocycles. The molecular weight excluding hydrogens is 148 g/mol. The van der Waals surface area contributed by atoms with Crippen LogP contribution in [0, 0.1) is 0 Å². The fraction of sp³-hybridized carbons (Fsp3) is 0.700. The summed E-state index contributed by atoms with van der Waals surface area (Å²) in [7, 11) is 0. The quantitative estimate of drug-likeness (QED) is 0.627. The molecule has 1 aromatic heterocycles. The van der Waals surface area contributed by atoms with Gasteiger partial charge in [-0.05, 0) is 13.8 Å². The van der Waals surface area contributed by atoms with Crippen molar-refractivity contribution >= 4 is 0 Å².